The molecule has 0 aliphatic rings. The summed E-state index contributed by atoms with van der Waals surface area (Å²) < 4.78 is 13.9. The van der Waals surface area contributed by atoms with E-state index in [-0.39, 0.29) is 22.6 Å². The van der Waals surface area contributed by atoms with E-state index in [0.717, 1.165) is 0 Å². The zero-order valence-corrected chi connectivity index (χ0v) is 12.9. The first-order chi connectivity index (χ1) is 10.8. The summed E-state index contributed by atoms with van der Waals surface area (Å²) in [5.74, 6) is -0.537. The number of pyridine rings is 1. The number of nitrogen functional groups attached to an aromatic ring is 1. The van der Waals surface area contributed by atoms with Gasteiger partial charge in [-0.15, -0.1) is 0 Å². The lowest BCUT2D eigenvalue weighted by molar-refractivity contribution is -0.383. The van der Waals surface area contributed by atoms with E-state index in [1.165, 1.54) is 24.4 Å². The van der Waals surface area contributed by atoms with Gasteiger partial charge in [-0.25, -0.2) is 9.37 Å². The van der Waals surface area contributed by atoms with Crippen LogP contribution in [0, 0.1) is 15.9 Å². The van der Waals surface area contributed by atoms with Crippen molar-refractivity contribution in [2.45, 2.75) is 6.04 Å². The molecule has 0 bridgehead atoms. The number of nitrogens with zero attached hydrogens (tertiary/aromatic N) is 3. The molecule has 0 saturated carbocycles. The number of benzene rings is 1. The summed E-state index contributed by atoms with van der Waals surface area (Å²) in [5.41, 5.74) is 12.2. The Morgan fingerprint density at radius 1 is 1.39 bits per heavy atom. The predicted molar refractivity (Wildman–Crippen MR) is 86.2 cm³/mol. The number of nitrogens with two attached hydrogens (primary N) is 2. The molecule has 0 saturated heterocycles. The Bertz CT molecular complexity index is 736. The molecular weight excluding hydrogens is 301 g/mol. The molecule has 122 valence electrons. The molecule has 23 heavy (non-hydrogen) atoms. The summed E-state index contributed by atoms with van der Waals surface area (Å²) in [6, 6.07) is 5.00. The van der Waals surface area contributed by atoms with Gasteiger partial charge in [-0.1, -0.05) is 0 Å². The van der Waals surface area contributed by atoms with Crippen molar-refractivity contribution in [1.29, 1.82) is 0 Å². The third-order valence-electron chi connectivity index (χ3n) is 3.32. The number of likely N-dealkylation sites (N-methyl/N-ethyl adjacent to an activating group) is 1. The van der Waals surface area contributed by atoms with Crippen molar-refractivity contribution in [3.63, 3.8) is 0 Å². The summed E-state index contributed by atoms with van der Waals surface area (Å²) in [6.07, 6.45) is 1.35. The number of aromatic nitrogens is 1. The van der Waals surface area contributed by atoms with Crippen LogP contribution in [-0.4, -0.2) is 35.4 Å². The number of halogens is 1. The Labute approximate surface area is 132 Å². The van der Waals surface area contributed by atoms with Gasteiger partial charge in [0.1, 0.15) is 11.5 Å². The molecule has 1 aromatic heterocycles. The monoisotopic (exact) mass is 319 g/mol. The van der Waals surface area contributed by atoms with Crippen molar-refractivity contribution in [2.24, 2.45) is 5.73 Å². The SMILES string of the molecule is CN(C)CC(N)c1cc(F)cc(-c2nccc(N)c2[N+](=O)[O-])c1. The largest absolute Gasteiger partial charge is 0.393 e. The molecule has 1 atom stereocenters. The number of nitro groups is 1. The van der Waals surface area contributed by atoms with E-state index in [0.29, 0.717) is 12.1 Å². The highest BCUT2D eigenvalue weighted by Crippen LogP contribution is 2.33. The third kappa shape index (κ3) is 3.79. The van der Waals surface area contributed by atoms with Crippen LogP contribution >= 0.6 is 0 Å². The predicted octanol–water partition coefficient (Wildman–Crippen LogP) is 1.94. The first-order valence-electron chi connectivity index (χ1n) is 6.89. The summed E-state index contributed by atoms with van der Waals surface area (Å²) >= 11 is 0. The minimum atomic E-state index is -0.623. The Hall–Kier alpha value is -2.58. The fraction of sp³-hybridized carbons (Fsp3) is 0.267. The van der Waals surface area contributed by atoms with Gasteiger partial charge in [-0.3, -0.25) is 10.1 Å². The van der Waals surface area contributed by atoms with Crippen LogP contribution in [-0.2, 0) is 0 Å². The molecule has 1 aromatic carbocycles. The minimum Gasteiger partial charge on any atom is -0.393 e. The van der Waals surface area contributed by atoms with Crippen LogP contribution in [0.15, 0.2) is 30.5 Å². The molecule has 8 heteroatoms. The van der Waals surface area contributed by atoms with Crippen molar-refractivity contribution < 1.29 is 9.31 Å². The maximum atomic E-state index is 13.9. The van der Waals surface area contributed by atoms with Gasteiger partial charge in [0.05, 0.1) is 4.92 Å². The molecule has 0 spiro atoms. The van der Waals surface area contributed by atoms with E-state index >= 15 is 0 Å². The lowest BCUT2D eigenvalue weighted by Crippen LogP contribution is -2.26. The van der Waals surface area contributed by atoms with Crippen molar-refractivity contribution in [2.75, 3.05) is 26.4 Å². The number of anilines is 1. The van der Waals surface area contributed by atoms with Crippen molar-refractivity contribution in [1.82, 2.24) is 9.88 Å². The van der Waals surface area contributed by atoms with Crippen molar-refractivity contribution in [3.8, 4) is 11.3 Å². The van der Waals surface area contributed by atoms with Crippen LogP contribution in [0.25, 0.3) is 11.3 Å². The molecule has 1 heterocycles. The second kappa shape index (κ2) is 6.67. The second-order valence-electron chi connectivity index (χ2n) is 5.50. The van der Waals surface area contributed by atoms with Crippen molar-refractivity contribution >= 4 is 11.4 Å². The molecule has 0 aliphatic carbocycles. The first kappa shape index (κ1) is 16.8. The van der Waals surface area contributed by atoms with Crippen LogP contribution in [0.2, 0.25) is 0 Å². The van der Waals surface area contributed by atoms with Gasteiger partial charge in [-0.2, -0.15) is 0 Å². The van der Waals surface area contributed by atoms with Gasteiger partial charge in [0, 0.05) is 24.3 Å². The van der Waals surface area contributed by atoms with Gasteiger partial charge in [0.25, 0.3) is 0 Å². The Morgan fingerprint density at radius 2 is 2.09 bits per heavy atom. The number of rotatable bonds is 5. The summed E-state index contributed by atoms with van der Waals surface area (Å²) in [4.78, 5) is 16.5. The zero-order valence-electron chi connectivity index (χ0n) is 12.9. The Balaban J connectivity index is 2.55. The molecule has 2 rings (SSSR count). The average molecular weight is 319 g/mol. The van der Waals surface area contributed by atoms with Gasteiger partial charge in [-0.05, 0) is 43.9 Å². The van der Waals surface area contributed by atoms with Crippen LogP contribution in [0.5, 0.6) is 0 Å². The first-order valence-corrected chi connectivity index (χ1v) is 6.89. The minimum absolute atomic E-state index is 0.0211. The van der Waals surface area contributed by atoms with Crippen molar-refractivity contribution in [3.05, 3.63) is 52.0 Å². The maximum Gasteiger partial charge on any atom is 0.318 e. The highest BCUT2D eigenvalue weighted by molar-refractivity contribution is 5.77. The van der Waals surface area contributed by atoms with E-state index < -0.39 is 16.8 Å². The summed E-state index contributed by atoms with van der Waals surface area (Å²) in [7, 11) is 3.70. The van der Waals surface area contributed by atoms with E-state index in [4.69, 9.17) is 11.5 Å². The van der Waals surface area contributed by atoms with Gasteiger partial charge >= 0.3 is 5.69 Å². The maximum absolute atomic E-state index is 13.9. The zero-order chi connectivity index (χ0) is 17.1. The third-order valence-corrected chi connectivity index (χ3v) is 3.32. The molecule has 0 fully saturated rings. The second-order valence-corrected chi connectivity index (χ2v) is 5.50. The number of hydrogen-bond donors (Lipinski definition) is 2. The normalized spacial score (nSPS) is 12.4. The quantitative estimate of drug-likeness (QED) is 0.643. The van der Waals surface area contributed by atoms with E-state index in [1.807, 2.05) is 19.0 Å². The topological polar surface area (TPSA) is 111 Å². The van der Waals surface area contributed by atoms with Gasteiger partial charge in [0.15, 0.2) is 5.69 Å². The van der Waals surface area contributed by atoms with Crippen LogP contribution in [0.4, 0.5) is 15.8 Å². The molecule has 2 aromatic rings. The van der Waals surface area contributed by atoms with Crippen LogP contribution < -0.4 is 11.5 Å². The van der Waals surface area contributed by atoms with Crippen LogP contribution in [0.1, 0.15) is 11.6 Å². The lowest BCUT2D eigenvalue weighted by atomic mass is 10.0. The highest BCUT2D eigenvalue weighted by Gasteiger charge is 2.22. The molecule has 0 aliphatic heterocycles. The lowest BCUT2D eigenvalue weighted by Gasteiger charge is -2.18. The summed E-state index contributed by atoms with van der Waals surface area (Å²) in [6.45, 7) is 0.509. The Kier molecular flexibility index (Phi) is 4.87. The molecule has 0 amide bonds. The van der Waals surface area contributed by atoms with E-state index in [2.05, 4.69) is 4.98 Å². The average Bonchev–Trinajstić information content (AvgIpc) is 2.45. The standard InChI is InChI=1S/C15H18FN5O2/c1-20(2)8-13(18)9-5-10(7-11(16)6-9)14-15(21(22)23)12(17)3-4-19-14/h3-7,13H,8,18H2,1-2H3,(H2,17,19). The van der Waals surface area contributed by atoms with Gasteiger partial charge in [0.2, 0.25) is 0 Å². The molecule has 0 radical (unpaired) electrons. The molecule has 4 N–H and O–H groups in total. The highest BCUT2D eigenvalue weighted by atomic mass is 19.1. The van der Waals surface area contributed by atoms with Gasteiger partial charge < -0.3 is 16.4 Å². The summed E-state index contributed by atoms with van der Waals surface area (Å²) in [5, 5.41) is 11.2. The molecular formula is C15H18FN5O2. The van der Waals surface area contributed by atoms with E-state index in [9.17, 15) is 14.5 Å². The van der Waals surface area contributed by atoms with Crippen LogP contribution in [0.3, 0.4) is 0 Å². The fourth-order valence-electron chi connectivity index (χ4n) is 2.33. The van der Waals surface area contributed by atoms with E-state index in [1.54, 1.807) is 6.07 Å². The smallest absolute Gasteiger partial charge is 0.318 e. The fourth-order valence-corrected chi connectivity index (χ4v) is 2.33. The number of hydrogen-bond acceptors (Lipinski definition) is 6. The molecule has 1 unspecified atom stereocenters. The Morgan fingerprint density at radius 3 is 2.70 bits per heavy atom. The molecule has 7 nitrogen and oxygen atoms in total.